The molecule has 4 aromatic rings. The highest BCUT2D eigenvalue weighted by molar-refractivity contribution is 6.04. The van der Waals surface area contributed by atoms with Gasteiger partial charge in [-0.3, -0.25) is 14.6 Å². The number of halogens is 5. The smallest absolute Gasteiger partial charge is 0.418 e. The first kappa shape index (κ1) is 27.2. The van der Waals surface area contributed by atoms with E-state index in [1.54, 1.807) is 0 Å². The van der Waals surface area contributed by atoms with Gasteiger partial charge in [-0.15, -0.1) is 0 Å². The number of hydrogen-bond acceptors (Lipinski definition) is 6. The van der Waals surface area contributed by atoms with Crippen molar-refractivity contribution in [2.45, 2.75) is 45.0 Å². The number of aromatic amines is 1. The number of alkyl halides is 3. The van der Waals surface area contributed by atoms with Crippen molar-refractivity contribution in [2.75, 3.05) is 0 Å². The molecule has 13 heteroatoms. The van der Waals surface area contributed by atoms with Crippen molar-refractivity contribution < 1.29 is 36.6 Å². The van der Waals surface area contributed by atoms with E-state index in [2.05, 4.69) is 20.3 Å². The van der Waals surface area contributed by atoms with E-state index in [4.69, 9.17) is 4.74 Å². The van der Waals surface area contributed by atoms with Crippen LogP contribution in [0.2, 0.25) is 0 Å². The Labute approximate surface area is 222 Å². The number of nitrogens with one attached hydrogen (secondary N) is 2. The van der Waals surface area contributed by atoms with Gasteiger partial charge in [0, 0.05) is 30.1 Å². The van der Waals surface area contributed by atoms with Gasteiger partial charge in [0.15, 0.2) is 17.1 Å². The Morgan fingerprint density at radius 2 is 1.85 bits per heavy atom. The van der Waals surface area contributed by atoms with E-state index < -0.39 is 46.7 Å². The van der Waals surface area contributed by atoms with E-state index in [0.717, 1.165) is 25.1 Å². The quantitative estimate of drug-likeness (QED) is 0.298. The topological polar surface area (TPSA) is 117 Å². The summed E-state index contributed by atoms with van der Waals surface area (Å²) in [6.45, 7) is 2.39. The van der Waals surface area contributed by atoms with Crippen molar-refractivity contribution in [3.63, 3.8) is 0 Å². The van der Waals surface area contributed by atoms with Crippen LogP contribution in [0.15, 0.2) is 41.5 Å². The molecule has 1 aliphatic carbocycles. The number of fused-ring (bicyclic) bond motifs is 1. The third kappa shape index (κ3) is 4.88. The Morgan fingerprint density at radius 1 is 1.12 bits per heavy atom. The molecular formula is C27H21F5N4O4. The highest BCUT2D eigenvalue weighted by Gasteiger charge is 2.36. The predicted molar refractivity (Wildman–Crippen MR) is 133 cm³/mol. The number of aliphatic hydroxyl groups is 1. The molecule has 1 saturated carbocycles. The number of nitrogens with zero attached hydrogens (tertiary/aromatic N) is 2. The summed E-state index contributed by atoms with van der Waals surface area (Å²) in [5, 5.41) is 12.1. The van der Waals surface area contributed by atoms with Gasteiger partial charge in [-0.05, 0) is 50.5 Å². The van der Waals surface area contributed by atoms with Crippen molar-refractivity contribution >= 4 is 16.8 Å². The van der Waals surface area contributed by atoms with Crippen LogP contribution in [0.25, 0.3) is 22.2 Å². The summed E-state index contributed by atoms with van der Waals surface area (Å²) in [7, 11) is 0. The van der Waals surface area contributed by atoms with E-state index in [9.17, 15) is 36.6 Å². The normalized spacial score (nSPS) is 17.0. The van der Waals surface area contributed by atoms with Crippen molar-refractivity contribution in [1.29, 1.82) is 0 Å². The van der Waals surface area contributed by atoms with Gasteiger partial charge in [-0.2, -0.15) is 13.2 Å². The zero-order valence-electron chi connectivity index (χ0n) is 21.0. The zero-order valence-corrected chi connectivity index (χ0v) is 21.0. The monoisotopic (exact) mass is 560 g/mol. The standard InChI is InChI=1S/C27H21F5N4O4/c1-11-15(27(30,31)32)10-34-26(40-20-4-3-16(28)23(29)12(20)2)21(11)18-9-19(38)22-17(36-18)5-6-33-24(22)25(39)35-13-7-14(37)8-13/h3-6,9-10,13-14,37H,7-8H2,1-2H3,(H,35,39)(H,36,38)/t13-,14-. The second kappa shape index (κ2) is 9.97. The summed E-state index contributed by atoms with van der Waals surface area (Å²) in [6, 6.07) is 3.99. The van der Waals surface area contributed by atoms with Crippen LogP contribution in [-0.4, -0.2) is 38.1 Å². The second-order valence-corrected chi connectivity index (χ2v) is 9.49. The second-order valence-electron chi connectivity index (χ2n) is 9.49. The lowest BCUT2D eigenvalue weighted by molar-refractivity contribution is -0.138. The third-order valence-electron chi connectivity index (χ3n) is 6.78. The summed E-state index contributed by atoms with van der Waals surface area (Å²) in [5.74, 6) is -3.57. The number of aliphatic hydroxyl groups excluding tert-OH is 1. The number of H-pyrrole nitrogens is 1. The van der Waals surface area contributed by atoms with Gasteiger partial charge in [0.2, 0.25) is 5.88 Å². The molecule has 0 aliphatic heterocycles. The van der Waals surface area contributed by atoms with E-state index >= 15 is 0 Å². The van der Waals surface area contributed by atoms with E-state index in [0.29, 0.717) is 19.0 Å². The molecule has 8 nitrogen and oxygen atoms in total. The Morgan fingerprint density at radius 3 is 2.52 bits per heavy atom. The minimum Gasteiger partial charge on any atom is -0.438 e. The van der Waals surface area contributed by atoms with Crippen molar-refractivity contribution in [1.82, 2.24) is 20.3 Å². The lowest BCUT2D eigenvalue weighted by atomic mass is 9.89. The van der Waals surface area contributed by atoms with Crippen LogP contribution in [0.5, 0.6) is 11.6 Å². The van der Waals surface area contributed by atoms with Gasteiger partial charge < -0.3 is 20.1 Å². The molecule has 1 fully saturated rings. The van der Waals surface area contributed by atoms with Gasteiger partial charge in [0.25, 0.3) is 5.91 Å². The molecule has 3 heterocycles. The molecule has 208 valence electrons. The van der Waals surface area contributed by atoms with Crippen LogP contribution in [0.3, 0.4) is 0 Å². The molecule has 1 aromatic carbocycles. The predicted octanol–water partition coefficient (Wildman–Crippen LogP) is 4.94. The van der Waals surface area contributed by atoms with E-state index in [-0.39, 0.29) is 50.8 Å². The number of carbonyl (C=O) groups is 1. The average Bonchev–Trinajstić information content (AvgIpc) is 2.87. The Bertz CT molecular complexity index is 1710. The Hall–Kier alpha value is -4.39. The summed E-state index contributed by atoms with van der Waals surface area (Å²) in [5.41, 5.74) is -2.87. The number of rotatable bonds is 5. The molecule has 0 radical (unpaired) electrons. The number of carbonyl (C=O) groups excluding carboxylic acids is 1. The fraction of sp³-hybridized carbons (Fsp3) is 0.259. The first-order chi connectivity index (χ1) is 18.8. The molecule has 40 heavy (non-hydrogen) atoms. The van der Waals surface area contributed by atoms with Crippen molar-refractivity contribution in [3.05, 3.63) is 80.9 Å². The zero-order chi connectivity index (χ0) is 28.9. The Kier molecular flexibility index (Phi) is 6.78. The van der Waals surface area contributed by atoms with Gasteiger partial charge in [0.05, 0.1) is 33.8 Å². The van der Waals surface area contributed by atoms with Gasteiger partial charge >= 0.3 is 6.18 Å². The maximum Gasteiger partial charge on any atom is 0.418 e. The number of hydrogen-bond donors (Lipinski definition) is 3. The van der Waals surface area contributed by atoms with Gasteiger partial charge in [0.1, 0.15) is 11.4 Å². The molecule has 0 atom stereocenters. The lowest BCUT2D eigenvalue weighted by Crippen LogP contribution is -2.47. The highest BCUT2D eigenvalue weighted by atomic mass is 19.4. The van der Waals surface area contributed by atoms with Crippen LogP contribution in [0.4, 0.5) is 22.0 Å². The molecule has 0 unspecified atom stereocenters. The molecule has 1 amide bonds. The maximum absolute atomic E-state index is 14.1. The maximum atomic E-state index is 14.1. The largest absolute Gasteiger partial charge is 0.438 e. The van der Waals surface area contributed by atoms with Crippen LogP contribution in [0.1, 0.15) is 40.0 Å². The first-order valence-corrected chi connectivity index (χ1v) is 12.1. The van der Waals surface area contributed by atoms with Crippen LogP contribution < -0.4 is 15.5 Å². The SMILES string of the molecule is Cc1c(Oc2ncc(C(F)(F)F)c(C)c2-c2cc(=O)c3c(C(=O)N[C@H]4C[C@H](O)C4)nccc3[nH]2)ccc(F)c1F. The van der Waals surface area contributed by atoms with Gasteiger partial charge in [-0.1, -0.05) is 0 Å². The first-order valence-electron chi connectivity index (χ1n) is 12.1. The van der Waals surface area contributed by atoms with Crippen molar-refractivity contribution in [2.24, 2.45) is 0 Å². The highest BCUT2D eigenvalue weighted by Crippen LogP contribution is 2.41. The van der Waals surface area contributed by atoms with Crippen molar-refractivity contribution in [3.8, 4) is 22.9 Å². The minimum atomic E-state index is -4.80. The molecule has 0 saturated heterocycles. The molecule has 3 N–H and O–H groups in total. The molecule has 1 aliphatic rings. The summed E-state index contributed by atoms with van der Waals surface area (Å²) in [4.78, 5) is 36.8. The Balaban J connectivity index is 1.65. The van der Waals surface area contributed by atoms with E-state index in [1.807, 2.05) is 0 Å². The number of benzene rings is 1. The number of aromatic nitrogens is 3. The molecule has 3 aromatic heterocycles. The van der Waals surface area contributed by atoms with Crippen LogP contribution in [0, 0.1) is 25.5 Å². The minimum absolute atomic E-state index is 0.0971. The average molecular weight is 560 g/mol. The summed E-state index contributed by atoms with van der Waals surface area (Å²) in [6.07, 6.45) is -2.80. The lowest BCUT2D eigenvalue weighted by Gasteiger charge is -2.31. The summed E-state index contributed by atoms with van der Waals surface area (Å²) >= 11 is 0. The number of pyridine rings is 3. The molecule has 0 spiro atoms. The number of amides is 1. The fourth-order valence-corrected chi connectivity index (χ4v) is 4.58. The van der Waals surface area contributed by atoms with Gasteiger partial charge in [-0.25, -0.2) is 13.8 Å². The molecule has 5 rings (SSSR count). The molecular weight excluding hydrogens is 539 g/mol. The summed E-state index contributed by atoms with van der Waals surface area (Å²) < 4.78 is 74.8. The fourth-order valence-electron chi connectivity index (χ4n) is 4.58. The van der Waals surface area contributed by atoms with Crippen LogP contribution >= 0.6 is 0 Å². The van der Waals surface area contributed by atoms with E-state index in [1.165, 1.54) is 19.2 Å². The molecule has 0 bridgehead atoms. The number of ether oxygens (including phenoxy) is 1. The third-order valence-corrected chi connectivity index (χ3v) is 6.78. The van der Waals surface area contributed by atoms with Crippen LogP contribution in [-0.2, 0) is 6.18 Å².